The highest BCUT2D eigenvalue weighted by Crippen LogP contribution is 2.25. The number of nitrogens with two attached hydrogens (primary N) is 1. The van der Waals surface area contributed by atoms with Crippen LogP contribution in [0.1, 0.15) is 46.5 Å². The molecule has 1 amide bonds. The van der Waals surface area contributed by atoms with Crippen molar-refractivity contribution in [2.24, 2.45) is 5.73 Å². The second kappa shape index (κ2) is 9.91. The highest BCUT2D eigenvalue weighted by molar-refractivity contribution is 5.89. The third-order valence-corrected chi connectivity index (χ3v) is 4.15. The second-order valence-corrected chi connectivity index (χ2v) is 6.23. The Labute approximate surface area is 151 Å². The van der Waals surface area contributed by atoms with Crippen molar-refractivity contribution in [1.82, 2.24) is 5.32 Å². The maximum Gasteiger partial charge on any atom is 0.471 e. The van der Waals surface area contributed by atoms with Crippen LogP contribution in [0.4, 0.5) is 13.2 Å². The van der Waals surface area contributed by atoms with Crippen LogP contribution in [0.3, 0.4) is 0 Å². The van der Waals surface area contributed by atoms with Gasteiger partial charge in [0.1, 0.15) is 0 Å². The number of carbonyl (C=O) groups excluding carboxylic acids is 2. The molecule has 150 valence electrons. The van der Waals surface area contributed by atoms with Crippen molar-refractivity contribution in [2.75, 3.05) is 6.61 Å². The Bertz CT molecular complexity index is 519. The van der Waals surface area contributed by atoms with E-state index in [0.717, 1.165) is 0 Å². The van der Waals surface area contributed by atoms with Crippen LogP contribution >= 0.6 is 0 Å². The van der Waals surface area contributed by atoms with Crippen LogP contribution in [0.15, 0.2) is 11.6 Å². The fourth-order valence-electron chi connectivity index (χ4n) is 2.68. The summed E-state index contributed by atoms with van der Waals surface area (Å²) in [5, 5.41) is 1.90. The smallest absolute Gasteiger partial charge is 0.462 e. The molecule has 0 aromatic rings. The zero-order valence-corrected chi connectivity index (χ0v) is 15.3. The highest BCUT2D eigenvalue weighted by Gasteiger charge is 2.44. The molecule has 26 heavy (non-hydrogen) atoms. The topological polar surface area (TPSA) is 90.6 Å². The fraction of sp³-hybridized carbons (Fsp3) is 0.765. The molecule has 0 fully saturated rings. The van der Waals surface area contributed by atoms with E-state index in [1.54, 1.807) is 0 Å². The van der Waals surface area contributed by atoms with E-state index >= 15 is 0 Å². The van der Waals surface area contributed by atoms with Crippen molar-refractivity contribution in [2.45, 2.75) is 76.9 Å². The third kappa shape index (κ3) is 6.28. The lowest BCUT2D eigenvalue weighted by Crippen LogP contribution is -2.59. The normalized spacial score (nSPS) is 23.5. The summed E-state index contributed by atoms with van der Waals surface area (Å²) in [4.78, 5) is 23.4. The monoisotopic (exact) mass is 380 g/mol. The van der Waals surface area contributed by atoms with Gasteiger partial charge in [0.15, 0.2) is 0 Å². The van der Waals surface area contributed by atoms with Crippen molar-refractivity contribution in [3.05, 3.63) is 11.6 Å². The number of esters is 1. The number of halogens is 3. The van der Waals surface area contributed by atoms with Gasteiger partial charge in [-0.3, -0.25) is 4.79 Å². The van der Waals surface area contributed by atoms with Crippen molar-refractivity contribution in [3.8, 4) is 0 Å². The molecule has 0 saturated heterocycles. The SMILES string of the molecule is CCCOC(=O)C1=C[C@@H](OC(CC)CC)[C@H](NC(=O)C(F)(F)F)[C@@H](N)C1. The summed E-state index contributed by atoms with van der Waals surface area (Å²) in [6, 6.07) is -2.00. The number of carbonyl (C=O) groups is 2. The van der Waals surface area contributed by atoms with Gasteiger partial charge in [-0.2, -0.15) is 13.2 Å². The molecule has 0 saturated carbocycles. The third-order valence-electron chi connectivity index (χ3n) is 4.15. The second-order valence-electron chi connectivity index (χ2n) is 6.23. The number of amides is 1. The van der Waals surface area contributed by atoms with E-state index in [0.29, 0.717) is 19.3 Å². The van der Waals surface area contributed by atoms with Crippen LogP contribution in [0.25, 0.3) is 0 Å². The van der Waals surface area contributed by atoms with E-state index in [1.807, 2.05) is 26.1 Å². The fourth-order valence-corrected chi connectivity index (χ4v) is 2.68. The van der Waals surface area contributed by atoms with Crippen LogP contribution in [0.2, 0.25) is 0 Å². The molecule has 0 spiro atoms. The number of hydrogen-bond acceptors (Lipinski definition) is 5. The van der Waals surface area contributed by atoms with Crippen LogP contribution in [0.5, 0.6) is 0 Å². The average Bonchev–Trinajstić information content (AvgIpc) is 2.58. The number of ether oxygens (including phenoxy) is 2. The van der Waals surface area contributed by atoms with Crippen LogP contribution in [-0.4, -0.2) is 49.0 Å². The molecule has 0 bridgehead atoms. The van der Waals surface area contributed by atoms with E-state index in [9.17, 15) is 22.8 Å². The molecule has 0 aliphatic heterocycles. The minimum atomic E-state index is -5.02. The minimum Gasteiger partial charge on any atom is -0.462 e. The first kappa shape index (κ1) is 22.4. The van der Waals surface area contributed by atoms with Gasteiger partial charge in [0.2, 0.25) is 0 Å². The van der Waals surface area contributed by atoms with Gasteiger partial charge in [-0.1, -0.05) is 20.8 Å². The van der Waals surface area contributed by atoms with Crippen molar-refractivity contribution < 1.29 is 32.2 Å². The number of nitrogens with one attached hydrogen (secondary N) is 1. The standard InChI is InChI=1S/C17H27F3N2O4/c1-4-7-25-15(23)10-8-12(21)14(22-16(24)17(18,19)20)13(9-10)26-11(5-2)6-3/h9,11-14H,4-8,21H2,1-3H3,(H,22,24)/t12-,13+,14+/m0/s1. The molecule has 0 aromatic carbocycles. The molecule has 1 aliphatic carbocycles. The number of alkyl halides is 3. The molecule has 1 aliphatic rings. The first-order valence-corrected chi connectivity index (χ1v) is 8.80. The largest absolute Gasteiger partial charge is 0.471 e. The van der Waals surface area contributed by atoms with E-state index in [-0.39, 0.29) is 24.7 Å². The zero-order valence-electron chi connectivity index (χ0n) is 15.3. The van der Waals surface area contributed by atoms with E-state index < -0.39 is 36.2 Å². The first-order valence-electron chi connectivity index (χ1n) is 8.80. The quantitative estimate of drug-likeness (QED) is 0.630. The molecule has 6 nitrogen and oxygen atoms in total. The average molecular weight is 380 g/mol. The predicted octanol–water partition coefficient (Wildman–Crippen LogP) is 2.22. The maximum absolute atomic E-state index is 12.6. The summed E-state index contributed by atoms with van der Waals surface area (Å²) >= 11 is 0. The minimum absolute atomic E-state index is 0.00583. The molecule has 0 unspecified atom stereocenters. The van der Waals surface area contributed by atoms with Crippen LogP contribution in [0, 0.1) is 0 Å². The van der Waals surface area contributed by atoms with Gasteiger partial charge in [0.25, 0.3) is 0 Å². The molecule has 0 heterocycles. The van der Waals surface area contributed by atoms with Gasteiger partial charge in [-0.05, 0) is 31.8 Å². The Kier molecular flexibility index (Phi) is 8.55. The molecule has 0 radical (unpaired) electrons. The highest BCUT2D eigenvalue weighted by atomic mass is 19.4. The van der Waals surface area contributed by atoms with E-state index in [1.165, 1.54) is 6.08 Å². The van der Waals surface area contributed by atoms with Gasteiger partial charge in [0, 0.05) is 11.6 Å². The molecule has 9 heteroatoms. The molecular weight excluding hydrogens is 353 g/mol. The van der Waals surface area contributed by atoms with E-state index in [2.05, 4.69) is 0 Å². The summed E-state index contributed by atoms with van der Waals surface area (Å²) in [6.07, 6.45) is -2.89. The predicted molar refractivity (Wildman–Crippen MR) is 89.2 cm³/mol. The van der Waals surface area contributed by atoms with Crippen molar-refractivity contribution >= 4 is 11.9 Å². The molecule has 3 atom stereocenters. The van der Waals surface area contributed by atoms with E-state index in [4.69, 9.17) is 15.2 Å². The first-order chi connectivity index (χ1) is 12.1. The molecule has 3 N–H and O–H groups in total. The molecular formula is C17H27F3N2O4. The van der Waals surface area contributed by atoms with Crippen molar-refractivity contribution in [1.29, 1.82) is 0 Å². The van der Waals surface area contributed by atoms with Gasteiger partial charge >= 0.3 is 18.1 Å². The number of hydrogen-bond donors (Lipinski definition) is 2. The lowest BCUT2D eigenvalue weighted by Gasteiger charge is -2.36. The van der Waals surface area contributed by atoms with Gasteiger partial charge in [-0.25, -0.2) is 4.79 Å². The zero-order chi connectivity index (χ0) is 19.9. The molecule has 1 rings (SSSR count). The Balaban J connectivity index is 3.05. The lowest BCUT2D eigenvalue weighted by atomic mass is 9.88. The van der Waals surface area contributed by atoms with Crippen LogP contribution in [-0.2, 0) is 19.1 Å². The summed E-state index contributed by atoms with van der Waals surface area (Å²) < 4.78 is 48.7. The Morgan fingerprint density at radius 3 is 2.42 bits per heavy atom. The van der Waals surface area contributed by atoms with Gasteiger partial charge in [-0.15, -0.1) is 0 Å². The lowest BCUT2D eigenvalue weighted by molar-refractivity contribution is -0.175. The van der Waals surface area contributed by atoms with Crippen LogP contribution < -0.4 is 11.1 Å². The molecule has 0 aromatic heterocycles. The van der Waals surface area contributed by atoms with Gasteiger partial charge < -0.3 is 20.5 Å². The summed E-state index contributed by atoms with van der Waals surface area (Å²) in [5.74, 6) is -2.65. The summed E-state index contributed by atoms with van der Waals surface area (Å²) in [7, 11) is 0. The van der Waals surface area contributed by atoms with Crippen molar-refractivity contribution in [3.63, 3.8) is 0 Å². The maximum atomic E-state index is 12.6. The number of rotatable bonds is 8. The summed E-state index contributed by atoms with van der Waals surface area (Å²) in [6.45, 7) is 5.83. The Morgan fingerprint density at radius 1 is 1.31 bits per heavy atom. The Hall–Kier alpha value is -1.61. The Morgan fingerprint density at radius 2 is 1.92 bits per heavy atom. The summed E-state index contributed by atoms with van der Waals surface area (Å²) in [5.41, 5.74) is 6.22. The van der Waals surface area contributed by atoms with Gasteiger partial charge in [0.05, 0.1) is 24.9 Å².